The third-order valence-electron chi connectivity index (χ3n) is 14.0. The highest BCUT2D eigenvalue weighted by Gasteiger charge is 2.53. The molecule has 0 aliphatic heterocycles. The smallest absolute Gasteiger partial charge is 0.0726 e. The molecule has 0 saturated heterocycles. The minimum atomic E-state index is -0.504. The van der Waals surface area contributed by atoms with Crippen LogP contribution in [0.5, 0.6) is 0 Å². The van der Waals surface area contributed by atoms with Gasteiger partial charge < -0.3 is 9.47 Å². The third-order valence-corrected chi connectivity index (χ3v) is 15.2. The van der Waals surface area contributed by atoms with Gasteiger partial charge in [-0.2, -0.15) is 0 Å². The van der Waals surface area contributed by atoms with Gasteiger partial charge in [-0.3, -0.25) is 0 Å². The highest BCUT2D eigenvalue weighted by molar-refractivity contribution is 7.26. The van der Waals surface area contributed by atoms with E-state index in [-0.39, 0.29) is 0 Å². The van der Waals surface area contributed by atoms with Gasteiger partial charge in [-0.15, -0.1) is 11.3 Å². The third kappa shape index (κ3) is 4.74. The normalized spacial score (nSPS) is 14.6. The van der Waals surface area contributed by atoms with E-state index < -0.39 is 5.41 Å². The monoisotopic (exact) mass is 830 g/mol. The van der Waals surface area contributed by atoms with E-state index in [0.717, 1.165) is 22.7 Å². The van der Waals surface area contributed by atoms with Crippen LogP contribution in [0.3, 0.4) is 0 Å². The maximum atomic E-state index is 2.54. The molecule has 0 fully saturated rings. The molecule has 2 aromatic heterocycles. The zero-order valence-electron chi connectivity index (χ0n) is 34.7. The number of fused-ring (bicyclic) bond motifs is 17. The highest BCUT2D eigenvalue weighted by Crippen LogP contribution is 2.66. The standard InChI is InChI=1S/C61H38N2S/c1-3-18-39(19-4-1)42-22-9-14-30-53(42)63(41-34-37-55-48(38-41)43-23-10-15-31-54(43)62(55)40-20-5-2-6-21-40)56-32-17-29-51-58(56)46-25-7-12-27-49(46)61(51)50-28-13-8-26-47(50)59-52(61)36-35-45-44-24-11-16-33-57(44)64-60(45)59/h1-38H. The molecule has 0 radical (unpaired) electrons. The Morgan fingerprint density at radius 3 is 1.78 bits per heavy atom. The summed E-state index contributed by atoms with van der Waals surface area (Å²) < 4.78 is 5.10. The van der Waals surface area contributed by atoms with Crippen molar-refractivity contribution in [1.82, 2.24) is 4.57 Å². The Balaban J connectivity index is 1.08. The van der Waals surface area contributed by atoms with E-state index in [9.17, 15) is 0 Å². The first-order valence-corrected chi connectivity index (χ1v) is 22.9. The van der Waals surface area contributed by atoms with Crippen LogP contribution in [-0.2, 0) is 5.41 Å². The van der Waals surface area contributed by atoms with Crippen LogP contribution in [-0.4, -0.2) is 4.57 Å². The molecule has 0 amide bonds. The average Bonchev–Trinajstić information content (AvgIpc) is 4.09. The molecule has 2 aliphatic carbocycles. The topological polar surface area (TPSA) is 8.17 Å². The molecule has 12 aromatic rings. The van der Waals surface area contributed by atoms with Gasteiger partial charge in [0.2, 0.25) is 0 Å². The van der Waals surface area contributed by atoms with Crippen molar-refractivity contribution in [3.63, 3.8) is 0 Å². The van der Waals surface area contributed by atoms with Gasteiger partial charge in [0.05, 0.1) is 27.8 Å². The van der Waals surface area contributed by atoms with Crippen molar-refractivity contribution < 1.29 is 0 Å². The van der Waals surface area contributed by atoms with Crippen LogP contribution < -0.4 is 4.90 Å². The lowest BCUT2D eigenvalue weighted by molar-refractivity contribution is 0.794. The van der Waals surface area contributed by atoms with Gasteiger partial charge in [0, 0.05) is 59.0 Å². The molecule has 64 heavy (non-hydrogen) atoms. The van der Waals surface area contributed by atoms with Crippen molar-refractivity contribution >= 4 is 70.4 Å². The van der Waals surface area contributed by atoms with Gasteiger partial charge in [-0.05, 0) is 93.5 Å². The average molecular weight is 831 g/mol. The summed E-state index contributed by atoms with van der Waals surface area (Å²) in [7, 11) is 0. The van der Waals surface area contributed by atoms with Gasteiger partial charge in [-0.1, -0.05) is 176 Å². The largest absolute Gasteiger partial charge is 0.309 e. The van der Waals surface area contributed by atoms with Crippen LogP contribution in [0.15, 0.2) is 231 Å². The van der Waals surface area contributed by atoms with Gasteiger partial charge >= 0.3 is 0 Å². The fourth-order valence-electron chi connectivity index (χ4n) is 11.5. The number of anilines is 3. The van der Waals surface area contributed by atoms with Crippen molar-refractivity contribution in [2.24, 2.45) is 0 Å². The summed E-state index contributed by atoms with van der Waals surface area (Å²) >= 11 is 1.93. The maximum absolute atomic E-state index is 2.54. The predicted molar refractivity (Wildman–Crippen MR) is 270 cm³/mol. The summed E-state index contributed by atoms with van der Waals surface area (Å²) in [5.41, 5.74) is 19.4. The Labute approximate surface area is 375 Å². The summed E-state index contributed by atoms with van der Waals surface area (Å²) in [6, 6.07) is 85.7. The number of thiophene rings is 1. The number of hydrogen-bond donors (Lipinski definition) is 0. The van der Waals surface area contributed by atoms with Crippen LogP contribution in [0.25, 0.3) is 81.0 Å². The molecule has 1 atom stereocenters. The summed E-state index contributed by atoms with van der Waals surface area (Å²) in [6.45, 7) is 0. The Hall–Kier alpha value is -7.98. The Kier molecular flexibility index (Phi) is 7.51. The number of benzene rings is 10. The molecule has 2 heterocycles. The molecule has 3 heteroatoms. The van der Waals surface area contributed by atoms with Gasteiger partial charge in [-0.25, -0.2) is 0 Å². The lowest BCUT2D eigenvalue weighted by Crippen LogP contribution is -2.26. The summed E-state index contributed by atoms with van der Waals surface area (Å²) in [5.74, 6) is 0. The maximum Gasteiger partial charge on any atom is 0.0726 e. The first kappa shape index (κ1) is 35.6. The van der Waals surface area contributed by atoms with E-state index in [1.54, 1.807) is 0 Å². The van der Waals surface area contributed by atoms with E-state index in [2.05, 4.69) is 240 Å². The zero-order valence-corrected chi connectivity index (χ0v) is 35.6. The fraction of sp³-hybridized carbons (Fsp3) is 0.0164. The summed E-state index contributed by atoms with van der Waals surface area (Å²) in [6.07, 6.45) is 0. The Morgan fingerprint density at radius 2 is 0.969 bits per heavy atom. The van der Waals surface area contributed by atoms with E-state index in [4.69, 9.17) is 0 Å². The van der Waals surface area contributed by atoms with Crippen LogP contribution in [0.4, 0.5) is 17.1 Å². The molecule has 14 rings (SSSR count). The van der Waals surface area contributed by atoms with Crippen LogP contribution in [0.2, 0.25) is 0 Å². The van der Waals surface area contributed by atoms with Crippen LogP contribution >= 0.6 is 11.3 Å². The van der Waals surface area contributed by atoms with Crippen molar-refractivity contribution in [1.29, 1.82) is 0 Å². The molecular weight excluding hydrogens is 793 g/mol. The molecule has 1 spiro atoms. The second-order valence-electron chi connectivity index (χ2n) is 17.1. The zero-order chi connectivity index (χ0) is 41.9. The second kappa shape index (κ2) is 13.5. The van der Waals surface area contributed by atoms with E-state index in [0.29, 0.717) is 0 Å². The molecular formula is C61H38N2S. The number of nitrogens with zero attached hydrogens (tertiary/aromatic N) is 2. The summed E-state index contributed by atoms with van der Waals surface area (Å²) in [5, 5.41) is 5.11. The van der Waals surface area contributed by atoms with Gasteiger partial charge in [0.15, 0.2) is 0 Å². The summed E-state index contributed by atoms with van der Waals surface area (Å²) in [4.78, 5) is 2.54. The minimum Gasteiger partial charge on any atom is -0.309 e. The Morgan fingerprint density at radius 1 is 0.375 bits per heavy atom. The minimum absolute atomic E-state index is 0.504. The lowest BCUT2D eigenvalue weighted by Gasteiger charge is -2.32. The number of hydrogen-bond acceptors (Lipinski definition) is 2. The molecule has 0 saturated carbocycles. The molecule has 2 nitrogen and oxygen atoms in total. The lowest BCUT2D eigenvalue weighted by atomic mass is 9.70. The Bertz CT molecular complexity index is 3860. The van der Waals surface area contributed by atoms with Crippen molar-refractivity contribution in [2.75, 3.05) is 4.90 Å². The van der Waals surface area contributed by atoms with E-state index >= 15 is 0 Å². The number of rotatable bonds is 5. The molecule has 10 aromatic carbocycles. The quantitative estimate of drug-likeness (QED) is 0.168. The number of aromatic nitrogens is 1. The first-order valence-electron chi connectivity index (χ1n) is 22.1. The molecule has 1 unspecified atom stereocenters. The van der Waals surface area contributed by atoms with E-state index in [1.165, 1.54) is 97.6 Å². The predicted octanol–water partition coefficient (Wildman–Crippen LogP) is 16.6. The molecule has 0 N–H and O–H groups in total. The molecule has 2 aliphatic rings. The molecule has 0 bridgehead atoms. The van der Waals surface area contributed by atoms with Crippen molar-refractivity contribution in [3.05, 3.63) is 253 Å². The highest BCUT2D eigenvalue weighted by atomic mass is 32.1. The first-order chi connectivity index (χ1) is 31.8. The van der Waals surface area contributed by atoms with Gasteiger partial charge in [0.25, 0.3) is 0 Å². The van der Waals surface area contributed by atoms with Gasteiger partial charge in [0.1, 0.15) is 0 Å². The molecule has 298 valence electrons. The number of para-hydroxylation sites is 3. The SMILES string of the molecule is c1ccc(-c2ccccc2N(c2ccc3c(c2)c2ccccc2n3-c2ccccc2)c2cccc3c2-c2ccccc2C32c3ccccc3-c3c2ccc2c3sc3ccccc32)cc1. The van der Waals surface area contributed by atoms with E-state index in [1.807, 2.05) is 11.3 Å². The fourth-order valence-corrected chi connectivity index (χ4v) is 12.8. The van der Waals surface area contributed by atoms with Crippen molar-refractivity contribution in [2.45, 2.75) is 5.41 Å². The van der Waals surface area contributed by atoms with Crippen molar-refractivity contribution in [3.8, 4) is 39.1 Å². The second-order valence-corrected chi connectivity index (χ2v) is 18.2. The van der Waals surface area contributed by atoms with Crippen LogP contribution in [0.1, 0.15) is 22.3 Å². The van der Waals surface area contributed by atoms with Crippen LogP contribution in [0, 0.1) is 0 Å².